The highest BCUT2D eigenvalue weighted by Gasteiger charge is 2.31. The van der Waals surface area contributed by atoms with E-state index in [-0.39, 0.29) is 28.6 Å². The van der Waals surface area contributed by atoms with Gasteiger partial charge in [-0.2, -0.15) is 0 Å². The smallest absolute Gasteiger partial charge is 0.272 e. The summed E-state index contributed by atoms with van der Waals surface area (Å²) in [4.78, 5) is 37.4. The summed E-state index contributed by atoms with van der Waals surface area (Å²) in [5.74, 6) is 1.51. The molecule has 0 aromatic carbocycles. The number of nitrogens with zero attached hydrogens (tertiary/aromatic N) is 1. The van der Waals surface area contributed by atoms with Gasteiger partial charge in [0.2, 0.25) is 0 Å². The van der Waals surface area contributed by atoms with E-state index < -0.39 is 11.1 Å². The van der Waals surface area contributed by atoms with Crippen LogP contribution in [0.1, 0.15) is 56.7 Å². The summed E-state index contributed by atoms with van der Waals surface area (Å²) in [5, 5.41) is 3.73. The number of aromatic nitrogens is 4. The molecule has 2 aromatic heterocycles. The Morgan fingerprint density at radius 3 is 2.50 bits per heavy atom. The quantitative estimate of drug-likeness (QED) is 0.571. The summed E-state index contributed by atoms with van der Waals surface area (Å²) >= 11 is 0. The van der Waals surface area contributed by atoms with Crippen LogP contribution in [0.4, 0.5) is 0 Å². The van der Waals surface area contributed by atoms with Crippen molar-refractivity contribution in [3.8, 4) is 0 Å². The minimum absolute atomic E-state index is 0.0391. The predicted molar refractivity (Wildman–Crippen MR) is 109 cm³/mol. The van der Waals surface area contributed by atoms with Crippen molar-refractivity contribution >= 4 is 12.7 Å². The number of ether oxygens (including phenoxy) is 1. The minimum atomic E-state index is -0.420. The summed E-state index contributed by atoms with van der Waals surface area (Å²) in [6, 6.07) is 0.168. The third-order valence-electron chi connectivity index (χ3n) is 5.09. The Morgan fingerprint density at radius 1 is 1.14 bits per heavy atom. The van der Waals surface area contributed by atoms with Crippen molar-refractivity contribution < 1.29 is 4.74 Å². The zero-order valence-electron chi connectivity index (χ0n) is 16.9. The molecule has 1 saturated heterocycles. The fourth-order valence-corrected chi connectivity index (χ4v) is 3.67. The van der Waals surface area contributed by atoms with Crippen LogP contribution in [0, 0.1) is 5.92 Å². The maximum Gasteiger partial charge on any atom is 0.272 e. The van der Waals surface area contributed by atoms with Gasteiger partial charge in [0.25, 0.3) is 11.1 Å². The maximum absolute atomic E-state index is 12.2. The van der Waals surface area contributed by atoms with Crippen LogP contribution in [-0.2, 0) is 4.74 Å². The fraction of sp³-hybridized carbons (Fsp3) is 0.550. The monoisotopic (exact) mass is 387 g/mol. The van der Waals surface area contributed by atoms with Gasteiger partial charge in [-0.25, -0.2) is 4.98 Å². The molecule has 3 heterocycles. The SMILES string of the molecule is C=c1[nH]c(=O)c(=Cc2nc(C(C(C)C)C3COCCN3)[nH]c2C(C)C)[nH]c1=O. The molecule has 4 N–H and O–H groups in total. The molecule has 0 aliphatic carbocycles. The lowest BCUT2D eigenvalue weighted by Crippen LogP contribution is -2.46. The summed E-state index contributed by atoms with van der Waals surface area (Å²) in [7, 11) is 0. The van der Waals surface area contributed by atoms with Crippen LogP contribution in [0.25, 0.3) is 12.7 Å². The Hall–Kier alpha value is -2.45. The Bertz CT molecular complexity index is 1040. The van der Waals surface area contributed by atoms with Gasteiger partial charge >= 0.3 is 0 Å². The minimum Gasteiger partial charge on any atom is -0.378 e. The molecule has 8 heteroatoms. The van der Waals surface area contributed by atoms with Crippen LogP contribution in [0.5, 0.6) is 0 Å². The van der Waals surface area contributed by atoms with E-state index in [0.29, 0.717) is 24.8 Å². The molecule has 1 aliphatic heterocycles. The summed E-state index contributed by atoms with van der Waals surface area (Å²) in [6.07, 6.45) is 1.62. The predicted octanol–water partition coefficient (Wildman–Crippen LogP) is -0.123. The molecule has 0 radical (unpaired) electrons. The van der Waals surface area contributed by atoms with Gasteiger partial charge in [0.15, 0.2) is 0 Å². The second-order valence-electron chi connectivity index (χ2n) is 7.93. The van der Waals surface area contributed by atoms with E-state index in [1.807, 2.05) is 0 Å². The van der Waals surface area contributed by atoms with E-state index >= 15 is 0 Å². The first-order valence-electron chi connectivity index (χ1n) is 9.72. The van der Waals surface area contributed by atoms with E-state index in [0.717, 1.165) is 18.1 Å². The molecule has 1 aliphatic rings. The third-order valence-corrected chi connectivity index (χ3v) is 5.09. The van der Waals surface area contributed by atoms with Crippen LogP contribution in [-0.4, -0.2) is 45.7 Å². The normalized spacial score (nSPS) is 19.5. The summed E-state index contributed by atoms with van der Waals surface area (Å²) < 4.78 is 5.65. The molecule has 0 bridgehead atoms. The number of morpholine rings is 1. The second-order valence-corrected chi connectivity index (χ2v) is 7.93. The maximum atomic E-state index is 12.2. The first-order valence-corrected chi connectivity index (χ1v) is 9.72. The molecule has 0 amide bonds. The van der Waals surface area contributed by atoms with E-state index in [2.05, 4.69) is 54.5 Å². The average molecular weight is 387 g/mol. The van der Waals surface area contributed by atoms with Gasteiger partial charge in [-0.1, -0.05) is 34.3 Å². The van der Waals surface area contributed by atoms with Gasteiger partial charge in [0.05, 0.1) is 24.3 Å². The number of aromatic amines is 3. The van der Waals surface area contributed by atoms with Crippen molar-refractivity contribution in [1.29, 1.82) is 0 Å². The number of imidazole rings is 1. The van der Waals surface area contributed by atoms with Crippen molar-refractivity contribution in [2.45, 2.75) is 45.6 Å². The molecule has 28 heavy (non-hydrogen) atoms. The second kappa shape index (κ2) is 8.28. The van der Waals surface area contributed by atoms with E-state index in [4.69, 9.17) is 9.72 Å². The molecule has 0 spiro atoms. The highest BCUT2D eigenvalue weighted by atomic mass is 16.5. The topological polar surface area (TPSA) is 116 Å². The first kappa shape index (κ1) is 20.3. The molecule has 1 fully saturated rings. The van der Waals surface area contributed by atoms with Crippen molar-refractivity contribution in [3.63, 3.8) is 0 Å². The zero-order valence-corrected chi connectivity index (χ0v) is 16.9. The molecule has 0 saturated carbocycles. The highest BCUT2D eigenvalue weighted by Crippen LogP contribution is 2.30. The molecular weight excluding hydrogens is 358 g/mol. The standard InChI is InChI=1S/C20H29N5O3/c1-10(2)16(15-9-28-7-6-21-15)18-23-13(17(25-18)11(3)4)8-14-20(27)22-12(5)19(26)24-14/h8,10-11,15-16,21H,5-7,9H2,1-4H3,(H,22,27)(H,23,25)(H,24,26). The third kappa shape index (κ3) is 4.18. The van der Waals surface area contributed by atoms with Crippen molar-refractivity contribution in [3.05, 3.63) is 48.6 Å². The molecule has 2 aromatic rings. The molecule has 3 rings (SSSR count). The molecular formula is C20H29N5O3. The molecule has 152 valence electrons. The van der Waals surface area contributed by atoms with Crippen molar-refractivity contribution in [1.82, 2.24) is 25.3 Å². The van der Waals surface area contributed by atoms with Crippen LogP contribution in [0.2, 0.25) is 0 Å². The average Bonchev–Trinajstić information content (AvgIpc) is 3.04. The number of hydrogen-bond donors (Lipinski definition) is 4. The lowest BCUT2D eigenvalue weighted by Gasteiger charge is -2.32. The van der Waals surface area contributed by atoms with Crippen molar-refractivity contribution in [2.24, 2.45) is 5.92 Å². The van der Waals surface area contributed by atoms with Gasteiger partial charge in [-0.15, -0.1) is 0 Å². The number of H-pyrrole nitrogens is 3. The zero-order chi connectivity index (χ0) is 20.4. The van der Waals surface area contributed by atoms with Crippen LogP contribution in [0.15, 0.2) is 9.59 Å². The Morgan fingerprint density at radius 2 is 1.89 bits per heavy atom. The lowest BCUT2D eigenvalue weighted by molar-refractivity contribution is 0.0608. The van der Waals surface area contributed by atoms with E-state index in [1.54, 1.807) is 6.08 Å². The van der Waals surface area contributed by atoms with E-state index in [9.17, 15) is 9.59 Å². The fourth-order valence-electron chi connectivity index (χ4n) is 3.67. The highest BCUT2D eigenvalue weighted by molar-refractivity contribution is 5.48. The summed E-state index contributed by atoms with van der Waals surface area (Å²) in [5.41, 5.74) is 0.768. The number of nitrogens with one attached hydrogen (secondary N) is 4. The van der Waals surface area contributed by atoms with Crippen LogP contribution in [0.3, 0.4) is 0 Å². The molecule has 8 nitrogen and oxygen atoms in total. The van der Waals surface area contributed by atoms with Gasteiger partial charge < -0.3 is 25.0 Å². The first-order chi connectivity index (χ1) is 13.3. The number of hydrogen-bond acceptors (Lipinski definition) is 5. The largest absolute Gasteiger partial charge is 0.378 e. The van der Waals surface area contributed by atoms with Crippen LogP contribution >= 0.6 is 0 Å². The van der Waals surface area contributed by atoms with E-state index in [1.165, 1.54) is 0 Å². The molecule has 2 unspecified atom stereocenters. The van der Waals surface area contributed by atoms with Gasteiger partial charge in [0.1, 0.15) is 11.2 Å². The van der Waals surface area contributed by atoms with Gasteiger partial charge in [0, 0.05) is 24.2 Å². The summed E-state index contributed by atoms with van der Waals surface area (Å²) in [6.45, 7) is 14.1. The molecule has 2 atom stereocenters. The Balaban J connectivity index is 2.10. The van der Waals surface area contributed by atoms with Gasteiger partial charge in [-0.05, 0) is 17.9 Å². The Kier molecular flexibility index (Phi) is 6.00. The van der Waals surface area contributed by atoms with Gasteiger partial charge in [-0.3, -0.25) is 9.59 Å². The van der Waals surface area contributed by atoms with Crippen LogP contribution < -0.4 is 27.1 Å². The Labute approximate surface area is 163 Å². The number of rotatable bonds is 5. The van der Waals surface area contributed by atoms with Crippen molar-refractivity contribution in [2.75, 3.05) is 19.8 Å². The lowest BCUT2D eigenvalue weighted by atomic mass is 9.87.